The third-order valence-corrected chi connectivity index (χ3v) is 2.27. The fourth-order valence-corrected chi connectivity index (χ4v) is 1.50. The molecule has 0 bridgehead atoms. The maximum absolute atomic E-state index is 10.4. The molecule has 0 radical (unpaired) electrons. The minimum atomic E-state index is -1.02. The number of aromatic nitrogens is 2. The van der Waals surface area contributed by atoms with Crippen LogP contribution >= 0.6 is 11.6 Å². The van der Waals surface area contributed by atoms with Crippen LogP contribution in [0.3, 0.4) is 0 Å². The molecule has 2 rings (SSSR count). The lowest BCUT2D eigenvalue weighted by molar-refractivity contribution is -0.131. The Kier molecular flexibility index (Phi) is 4.10. The molecular weight excluding hydrogens is 268 g/mol. The highest BCUT2D eigenvalue weighted by molar-refractivity contribution is 6.30. The SMILES string of the molecule is O=C(O)/C=C/c1cncc(Oc2cncc(Cl)c2)c1. The minimum absolute atomic E-state index is 0.465. The number of aliphatic carboxylic acids is 1. The minimum Gasteiger partial charge on any atom is -0.478 e. The second-order valence-electron chi connectivity index (χ2n) is 3.57. The molecule has 0 saturated heterocycles. The summed E-state index contributed by atoms with van der Waals surface area (Å²) in [5.74, 6) is -0.0735. The van der Waals surface area contributed by atoms with Gasteiger partial charge in [0.05, 0.1) is 17.4 Å². The number of halogens is 1. The summed E-state index contributed by atoms with van der Waals surface area (Å²) in [7, 11) is 0. The van der Waals surface area contributed by atoms with Gasteiger partial charge in [0, 0.05) is 24.5 Å². The monoisotopic (exact) mass is 276 g/mol. The lowest BCUT2D eigenvalue weighted by Gasteiger charge is -2.05. The van der Waals surface area contributed by atoms with Crippen LogP contribution in [0, 0.1) is 0 Å². The number of hydrogen-bond acceptors (Lipinski definition) is 4. The first-order valence-electron chi connectivity index (χ1n) is 5.28. The topological polar surface area (TPSA) is 72.3 Å². The first kappa shape index (κ1) is 13.0. The predicted molar refractivity (Wildman–Crippen MR) is 70.2 cm³/mol. The number of carboxylic acid groups (broad SMARTS) is 1. The zero-order valence-corrected chi connectivity index (χ0v) is 10.4. The van der Waals surface area contributed by atoms with Crippen molar-refractivity contribution in [1.82, 2.24) is 9.97 Å². The van der Waals surface area contributed by atoms with E-state index in [9.17, 15) is 4.79 Å². The van der Waals surface area contributed by atoms with E-state index < -0.39 is 5.97 Å². The number of pyridine rings is 2. The molecule has 0 amide bonds. The van der Waals surface area contributed by atoms with Crippen LogP contribution in [0.1, 0.15) is 5.56 Å². The summed E-state index contributed by atoms with van der Waals surface area (Å²) >= 11 is 5.79. The first-order chi connectivity index (χ1) is 9.13. The van der Waals surface area contributed by atoms with Gasteiger partial charge in [0.2, 0.25) is 0 Å². The van der Waals surface area contributed by atoms with Crippen molar-refractivity contribution in [1.29, 1.82) is 0 Å². The van der Waals surface area contributed by atoms with Crippen LogP contribution < -0.4 is 4.74 Å². The lowest BCUT2D eigenvalue weighted by atomic mass is 10.2. The van der Waals surface area contributed by atoms with E-state index in [0.717, 1.165) is 6.08 Å². The summed E-state index contributed by atoms with van der Waals surface area (Å²) < 4.78 is 5.52. The van der Waals surface area contributed by atoms with Crippen LogP contribution in [0.2, 0.25) is 5.02 Å². The fraction of sp³-hybridized carbons (Fsp3) is 0. The Morgan fingerprint density at radius 2 is 1.84 bits per heavy atom. The molecule has 2 heterocycles. The van der Waals surface area contributed by atoms with Crippen molar-refractivity contribution in [3.05, 3.63) is 53.6 Å². The first-order valence-corrected chi connectivity index (χ1v) is 5.66. The van der Waals surface area contributed by atoms with Crippen LogP contribution in [-0.4, -0.2) is 21.0 Å². The van der Waals surface area contributed by atoms with Gasteiger partial charge in [0.25, 0.3) is 0 Å². The van der Waals surface area contributed by atoms with Gasteiger partial charge in [-0.15, -0.1) is 0 Å². The molecule has 1 N–H and O–H groups in total. The Balaban J connectivity index is 2.17. The van der Waals surface area contributed by atoms with Gasteiger partial charge in [0.1, 0.15) is 11.5 Å². The van der Waals surface area contributed by atoms with Crippen molar-refractivity contribution in [2.24, 2.45) is 0 Å². The Morgan fingerprint density at radius 1 is 1.16 bits per heavy atom. The van der Waals surface area contributed by atoms with E-state index in [1.807, 2.05) is 0 Å². The van der Waals surface area contributed by atoms with E-state index in [1.54, 1.807) is 12.1 Å². The molecule has 0 saturated carbocycles. The Bertz CT molecular complexity index is 629. The summed E-state index contributed by atoms with van der Waals surface area (Å²) in [6.45, 7) is 0. The van der Waals surface area contributed by atoms with Gasteiger partial charge < -0.3 is 9.84 Å². The third kappa shape index (κ3) is 4.08. The Hall–Kier alpha value is -2.40. The normalized spacial score (nSPS) is 10.6. The van der Waals surface area contributed by atoms with Crippen molar-refractivity contribution < 1.29 is 14.6 Å². The molecule has 0 aliphatic heterocycles. The van der Waals surface area contributed by atoms with Crippen molar-refractivity contribution in [3.63, 3.8) is 0 Å². The largest absolute Gasteiger partial charge is 0.478 e. The summed E-state index contributed by atoms with van der Waals surface area (Å²) in [5.41, 5.74) is 0.620. The highest BCUT2D eigenvalue weighted by Gasteiger charge is 2.00. The van der Waals surface area contributed by atoms with E-state index in [2.05, 4.69) is 9.97 Å². The molecule has 0 aliphatic rings. The Labute approximate surface area is 114 Å². The number of carboxylic acids is 1. The number of carbonyl (C=O) groups is 1. The number of ether oxygens (including phenoxy) is 1. The van der Waals surface area contributed by atoms with E-state index in [4.69, 9.17) is 21.4 Å². The second-order valence-corrected chi connectivity index (χ2v) is 4.00. The van der Waals surface area contributed by atoms with Crippen molar-refractivity contribution in [2.45, 2.75) is 0 Å². The van der Waals surface area contributed by atoms with Crippen molar-refractivity contribution in [3.8, 4) is 11.5 Å². The molecule has 2 aromatic heterocycles. The molecule has 19 heavy (non-hydrogen) atoms. The average Bonchev–Trinajstić information content (AvgIpc) is 2.37. The average molecular weight is 277 g/mol. The number of rotatable bonds is 4. The molecule has 0 aliphatic carbocycles. The summed E-state index contributed by atoms with van der Waals surface area (Å²) in [4.78, 5) is 18.3. The maximum Gasteiger partial charge on any atom is 0.328 e. The standard InChI is InChI=1S/C13H9ClN2O3/c14-10-4-12(8-16-6-10)19-11-3-9(5-15-7-11)1-2-13(17)18/h1-8H,(H,17,18)/b2-1+. The van der Waals surface area contributed by atoms with Crippen LogP contribution in [0.5, 0.6) is 11.5 Å². The molecule has 6 heteroatoms. The highest BCUT2D eigenvalue weighted by atomic mass is 35.5. The third-order valence-electron chi connectivity index (χ3n) is 2.07. The highest BCUT2D eigenvalue weighted by Crippen LogP contribution is 2.23. The zero-order valence-electron chi connectivity index (χ0n) is 9.65. The van der Waals surface area contributed by atoms with E-state index in [0.29, 0.717) is 22.1 Å². The van der Waals surface area contributed by atoms with Crippen molar-refractivity contribution >= 4 is 23.6 Å². The van der Waals surface area contributed by atoms with Crippen LogP contribution in [-0.2, 0) is 4.79 Å². The van der Waals surface area contributed by atoms with Gasteiger partial charge in [-0.3, -0.25) is 9.97 Å². The van der Waals surface area contributed by atoms with E-state index >= 15 is 0 Å². The molecule has 0 fully saturated rings. The smallest absolute Gasteiger partial charge is 0.328 e. The number of hydrogen-bond donors (Lipinski definition) is 1. The summed E-state index contributed by atoms with van der Waals surface area (Å²) in [6, 6.07) is 3.28. The van der Waals surface area contributed by atoms with Gasteiger partial charge >= 0.3 is 5.97 Å². The van der Waals surface area contributed by atoms with Gasteiger partial charge in [-0.1, -0.05) is 11.6 Å². The van der Waals surface area contributed by atoms with Crippen molar-refractivity contribution in [2.75, 3.05) is 0 Å². The van der Waals surface area contributed by atoms with Gasteiger partial charge in [0.15, 0.2) is 0 Å². The van der Waals surface area contributed by atoms with Gasteiger partial charge in [-0.25, -0.2) is 4.79 Å². The summed E-state index contributed by atoms with van der Waals surface area (Å²) in [5, 5.41) is 9.01. The van der Waals surface area contributed by atoms with Gasteiger partial charge in [-0.05, 0) is 17.7 Å². The lowest BCUT2D eigenvalue weighted by Crippen LogP contribution is -1.89. The molecule has 2 aromatic rings. The van der Waals surface area contributed by atoms with Gasteiger partial charge in [-0.2, -0.15) is 0 Å². The van der Waals surface area contributed by atoms with Crippen LogP contribution in [0.15, 0.2) is 43.0 Å². The quantitative estimate of drug-likeness (QED) is 0.869. The summed E-state index contributed by atoms with van der Waals surface area (Å²) in [6.07, 6.45) is 8.52. The zero-order chi connectivity index (χ0) is 13.7. The van der Waals surface area contributed by atoms with Crippen LogP contribution in [0.25, 0.3) is 6.08 Å². The van der Waals surface area contributed by atoms with E-state index in [1.165, 1.54) is 30.9 Å². The van der Waals surface area contributed by atoms with E-state index in [-0.39, 0.29) is 0 Å². The molecule has 0 aromatic carbocycles. The number of nitrogens with zero attached hydrogens (tertiary/aromatic N) is 2. The fourth-order valence-electron chi connectivity index (χ4n) is 1.33. The molecule has 5 nitrogen and oxygen atoms in total. The Morgan fingerprint density at radius 3 is 2.53 bits per heavy atom. The van der Waals surface area contributed by atoms with Crippen LogP contribution in [0.4, 0.5) is 0 Å². The molecule has 0 spiro atoms. The predicted octanol–water partition coefficient (Wildman–Crippen LogP) is 3.02. The molecule has 0 unspecified atom stereocenters. The second kappa shape index (κ2) is 5.97. The molecular formula is C13H9ClN2O3. The molecule has 96 valence electrons. The maximum atomic E-state index is 10.4. The molecule has 0 atom stereocenters.